The Kier molecular flexibility index (Phi) is 4.65. The molecule has 1 atom stereocenters. The number of aldehydes is 1. The number of piperidine rings is 1. The number of hydrogen-bond donors (Lipinski definition) is 1. The molecule has 8 heteroatoms. The van der Waals surface area contributed by atoms with Crippen molar-refractivity contribution in [2.45, 2.75) is 18.8 Å². The van der Waals surface area contributed by atoms with Gasteiger partial charge in [-0.25, -0.2) is 0 Å². The second-order valence-electron chi connectivity index (χ2n) is 7.17. The zero-order chi connectivity index (χ0) is 19.0. The standard InChI is InChI=1S/C19H23N5O3/c1-22-16-12-13(24-8-6-23(7-9-24)10-11-25)2-3-14(16)18(21-22)15-4-5-17(26)20-19(15)27/h2-3,11-12,15H,4-10H2,1H3,(H,20,26,27). The average molecular weight is 369 g/mol. The maximum Gasteiger partial charge on any atom is 0.235 e. The fourth-order valence-electron chi connectivity index (χ4n) is 3.98. The van der Waals surface area contributed by atoms with E-state index in [1.807, 2.05) is 13.1 Å². The van der Waals surface area contributed by atoms with Crippen molar-refractivity contribution in [1.29, 1.82) is 0 Å². The number of aryl methyl sites for hydroxylation is 1. The van der Waals surface area contributed by atoms with Crippen LogP contribution in [0.1, 0.15) is 24.5 Å². The summed E-state index contributed by atoms with van der Waals surface area (Å²) in [6, 6.07) is 6.19. The number of aromatic nitrogens is 2. The molecule has 1 unspecified atom stereocenters. The maximum absolute atomic E-state index is 12.2. The summed E-state index contributed by atoms with van der Waals surface area (Å²) in [6.07, 6.45) is 1.79. The van der Waals surface area contributed by atoms with E-state index in [4.69, 9.17) is 0 Å². The molecule has 0 radical (unpaired) electrons. The van der Waals surface area contributed by atoms with Crippen molar-refractivity contribution in [3.63, 3.8) is 0 Å². The van der Waals surface area contributed by atoms with Gasteiger partial charge in [0.15, 0.2) is 0 Å². The van der Waals surface area contributed by atoms with Gasteiger partial charge in [0, 0.05) is 50.7 Å². The molecule has 0 spiro atoms. The number of piperazine rings is 1. The highest BCUT2D eigenvalue weighted by Crippen LogP contribution is 2.32. The van der Waals surface area contributed by atoms with Crippen LogP contribution in [0.4, 0.5) is 5.69 Å². The molecule has 2 saturated heterocycles. The molecule has 2 aliphatic heterocycles. The summed E-state index contributed by atoms with van der Waals surface area (Å²) in [5.74, 6) is -0.863. The van der Waals surface area contributed by atoms with Gasteiger partial charge in [0.2, 0.25) is 11.8 Å². The van der Waals surface area contributed by atoms with E-state index >= 15 is 0 Å². The van der Waals surface area contributed by atoms with Crippen LogP contribution in [0.25, 0.3) is 10.9 Å². The molecule has 1 aromatic heterocycles. The average Bonchev–Trinajstić information content (AvgIpc) is 2.99. The van der Waals surface area contributed by atoms with E-state index in [2.05, 4.69) is 32.3 Å². The number of anilines is 1. The Labute approximate surface area is 157 Å². The Morgan fingerprint density at radius 2 is 2.00 bits per heavy atom. The van der Waals surface area contributed by atoms with Crippen LogP contribution >= 0.6 is 0 Å². The lowest BCUT2D eigenvalue weighted by molar-refractivity contribution is -0.134. The lowest BCUT2D eigenvalue weighted by atomic mass is 9.93. The summed E-state index contributed by atoms with van der Waals surface area (Å²) in [5, 5.41) is 7.96. The Hall–Kier alpha value is -2.74. The van der Waals surface area contributed by atoms with E-state index in [1.54, 1.807) is 4.68 Å². The SMILES string of the molecule is Cn1nc(C2CCC(=O)NC2=O)c2ccc(N3CCN(CC=O)CC3)cc21. The minimum atomic E-state index is -0.385. The topological polar surface area (TPSA) is 87.5 Å². The van der Waals surface area contributed by atoms with Crippen molar-refractivity contribution in [2.75, 3.05) is 37.6 Å². The minimum Gasteiger partial charge on any atom is -0.369 e. The molecule has 4 rings (SSSR count). The highest BCUT2D eigenvalue weighted by Gasteiger charge is 2.31. The number of carbonyl (C=O) groups is 3. The smallest absolute Gasteiger partial charge is 0.235 e. The number of nitrogens with one attached hydrogen (secondary N) is 1. The van der Waals surface area contributed by atoms with Gasteiger partial charge in [-0.1, -0.05) is 0 Å². The zero-order valence-electron chi connectivity index (χ0n) is 15.4. The molecule has 0 saturated carbocycles. The molecule has 2 fully saturated rings. The second kappa shape index (κ2) is 7.11. The predicted molar refractivity (Wildman–Crippen MR) is 101 cm³/mol. The molecule has 2 aromatic rings. The fourth-order valence-corrected chi connectivity index (χ4v) is 3.98. The van der Waals surface area contributed by atoms with Crippen LogP contribution in [0.5, 0.6) is 0 Å². The molecule has 0 aliphatic carbocycles. The maximum atomic E-state index is 12.2. The van der Waals surface area contributed by atoms with Gasteiger partial charge in [0.05, 0.1) is 23.7 Å². The highest BCUT2D eigenvalue weighted by molar-refractivity contribution is 6.02. The predicted octanol–water partition coefficient (Wildman–Crippen LogP) is 0.414. The third kappa shape index (κ3) is 3.32. The monoisotopic (exact) mass is 369 g/mol. The summed E-state index contributed by atoms with van der Waals surface area (Å²) in [7, 11) is 1.88. The van der Waals surface area contributed by atoms with Gasteiger partial charge >= 0.3 is 0 Å². The van der Waals surface area contributed by atoms with Crippen molar-refractivity contribution in [3.8, 4) is 0 Å². The summed E-state index contributed by atoms with van der Waals surface area (Å²) in [6.45, 7) is 3.96. The number of fused-ring (bicyclic) bond motifs is 1. The molecular formula is C19H23N5O3. The first kappa shape index (κ1) is 17.7. The van der Waals surface area contributed by atoms with Crippen molar-refractivity contribution in [3.05, 3.63) is 23.9 Å². The summed E-state index contributed by atoms with van der Waals surface area (Å²) >= 11 is 0. The number of amides is 2. The summed E-state index contributed by atoms with van der Waals surface area (Å²) < 4.78 is 1.81. The second-order valence-corrected chi connectivity index (χ2v) is 7.17. The van der Waals surface area contributed by atoms with Crippen LogP contribution < -0.4 is 10.2 Å². The third-order valence-corrected chi connectivity index (χ3v) is 5.50. The third-order valence-electron chi connectivity index (χ3n) is 5.50. The first-order chi connectivity index (χ1) is 13.1. The van der Waals surface area contributed by atoms with Gasteiger partial charge in [0.25, 0.3) is 0 Å². The Morgan fingerprint density at radius 3 is 2.70 bits per heavy atom. The van der Waals surface area contributed by atoms with Crippen LogP contribution in [0.2, 0.25) is 0 Å². The van der Waals surface area contributed by atoms with E-state index in [0.717, 1.165) is 54.7 Å². The number of hydrogen-bond acceptors (Lipinski definition) is 6. The van der Waals surface area contributed by atoms with Gasteiger partial charge in [-0.05, 0) is 24.6 Å². The first-order valence-corrected chi connectivity index (χ1v) is 9.28. The Balaban J connectivity index is 1.59. The number of benzene rings is 1. The number of imide groups is 1. The van der Waals surface area contributed by atoms with Gasteiger partial charge in [0.1, 0.15) is 6.29 Å². The van der Waals surface area contributed by atoms with Crippen LogP contribution in [0.15, 0.2) is 18.2 Å². The van der Waals surface area contributed by atoms with E-state index in [-0.39, 0.29) is 17.7 Å². The van der Waals surface area contributed by atoms with Crippen LogP contribution in [0, 0.1) is 0 Å². The van der Waals surface area contributed by atoms with Crippen molar-refractivity contribution < 1.29 is 14.4 Å². The van der Waals surface area contributed by atoms with Crippen LogP contribution in [0.3, 0.4) is 0 Å². The Bertz CT molecular complexity index is 898. The number of rotatable bonds is 4. The molecule has 2 aliphatic rings. The molecule has 2 amide bonds. The van der Waals surface area contributed by atoms with E-state index < -0.39 is 0 Å². The minimum absolute atomic E-state index is 0.215. The van der Waals surface area contributed by atoms with Crippen LogP contribution in [-0.4, -0.2) is 65.5 Å². The summed E-state index contributed by atoms with van der Waals surface area (Å²) in [5.41, 5.74) is 2.83. The summed E-state index contributed by atoms with van der Waals surface area (Å²) in [4.78, 5) is 38.8. The molecule has 1 aromatic carbocycles. The lowest BCUT2D eigenvalue weighted by Gasteiger charge is -2.35. The molecule has 27 heavy (non-hydrogen) atoms. The van der Waals surface area contributed by atoms with Crippen molar-refractivity contribution >= 4 is 34.7 Å². The molecule has 142 valence electrons. The Morgan fingerprint density at radius 1 is 1.22 bits per heavy atom. The normalized spacial score (nSPS) is 21.5. The fraction of sp³-hybridized carbons (Fsp3) is 0.474. The molecule has 0 bridgehead atoms. The molecule has 3 heterocycles. The van der Waals surface area contributed by atoms with Crippen molar-refractivity contribution in [2.24, 2.45) is 7.05 Å². The van der Waals surface area contributed by atoms with E-state index in [9.17, 15) is 14.4 Å². The highest BCUT2D eigenvalue weighted by atomic mass is 16.2. The van der Waals surface area contributed by atoms with Gasteiger partial charge < -0.3 is 9.69 Å². The molecule has 8 nitrogen and oxygen atoms in total. The molecular weight excluding hydrogens is 346 g/mol. The van der Waals surface area contributed by atoms with Gasteiger partial charge in [-0.15, -0.1) is 0 Å². The largest absolute Gasteiger partial charge is 0.369 e. The molecule has 1 N–H and O–H groups in total. The zero-order valence-corrected chi connectivity index (χ0v) is 15.4. The quantitative estimate of drug-likeness (QED) is 0.621. The van der Waals surface area contributed by atoms with Crippen LogP contribution in [-0.2, 0) is 21.4 Å². The lowest BCUT2D eigenvalue weighted by Crippen LogP contribution is -2.46. The van der Waals surface area contributed by atoms with E-state index in [1.165, 1.54) is 0 Å². The van der Waals surface area contributed by atoms with Gasteiger partial charge in [-0.3, -0.25) is 24.5 Å². The van der Waals surface area contributed by atoms with Gasteiger partial charge in [-0.2, -0.15) is 5.10 Å². The first-order valence-electron chi connectivity index (χ1n) is 9.28. The van der Waals surface area contributed by atoms with Crippen molar-refractivity contribution in [1.82, 2.24) is 20.0 Å². The number of nitrogens with zero attached hydrogens (tertiary/aromatic N) is 4. The number of carbonyl (C=O) groups excluding carboxylic acids is 3. The van der Waals surface area contributed by atoms with E-state index in [0.29, 0.717) is 19.4 Å².